The molecule has 0 unspecified atom stereocenters. The molecule has 1 aromatic carbocycles. The van der Waals surface area contributed by atoms with Gasteiger partial charge in [-0.25, -0.2) is 0 Å². The molecule has 0 aliphatic carbocycles. The third-order valence-corrected chi connectivity index (χ3v) is 5.10. The molecule has 4 nitrogen and oxygen atoms in total. The van der Waals surface area contributed by atoms with Crippen LogP contribution in [0.2, 0.25) is 25.1 Å². The zero-order valence-electron chi connectivity index (χ0n) is 10.6. The maximum absolute atomic E-state index is 10.7. The molecule has 1 heterocycles. The first-order valence-corrected chi connectivity index (χ1v) is 7.61. The number of nitrogens with zero attached hydrogens (tertiary/aromatic N) is 1. The molecule has 0 saturated heterocycles. The van der Waals surface area contributed by atoms with Gasteiger partial charge in [0, 0.05) is 17.3 Å². The summed E-state index contributed by atoms with van der Waals surface area (Å²) < 4.78 is 0. The summed E-state index contributed by atoms with van der Waals surface area (Å²) in [6, 6.07) is 1.50. The predicted molar refractivity (Wildman–Crippen MR) is 90.5 cm³/mol. The van der Waals surface area contributed by atoms with Crippen molar-refractivity contribution in [1.29, 1.82) is 0 Å². The van der Waals surface area contributed by atoms with Crippen molar-refractivity contribution in [1.82, 2.24) is 4.98 Å². The Hall–Kier alpha value is -0.910. The zero-order chi connectivity index (χ0) is 16.6. The maximum atomic E-state index is 10.7. The lowest BCUT2D eigenvalue weighted by Crippen LogP contribution is -2.06. The first kappa shape index (κ1) is 17.4. The van der Waals surface area contributed by atoms with Gasteiger partial charge < -0.3 is 10.8 Å². The Bertz CT molecular complexity index is 751. The van der Waals surface area contributed by atoms with Crippen molar-refractivity contribution in [2.75, 3.05) is 5.73 Å². The van der Waals surface area contributed by atoms with Gasteiger partial charge in [0.25, 0.3) is 0 Å². The van der Waals surface area contributed by atoms with E-state index >= 15 is 0 Å². The van der Waals surface area contributed by atoms with Crippen LogP contribution in [0, 0.1) is 0 Å². The van der Waals surface area contributed by atoms with Crippen LogP contribution in [0.5, 0.6) is 0 Å². The molecule has 0 aliphatic rings. The Balaban J connectivity index is 2.63. The predicted octanol–water partition coefficient (Wildman–Crippen LogP) is 5.22. The van der Waals surface area contributed by atoms with E-state index in [1.54, 1.807) is 0 Å². The highest BCUT2D eigenvalue weighted by atomic mass is 35.5. The number of hydrogen-bond acceptors (Lipinski definition) is 3. The van der Waals surface area contributed by atoms with E-state index in [0.29, 0.717) is 11.1 Å². The molecule has 2 aromatic rings. The lowest BCUT2D eigenvalue weighted by Gasteiger charge is -2.13. The summed E-state index contributed by atoms with van der Waals surface area (Å²) >= 11 is 30.3. The fourth-order valence-corrected chi connectivity index (χ4v) is 3.15. The van der Waals surface area contributed by atoms with Crippen LogP contribution in [0.1, 0.15) is 5.69 Å². The summed E-state index contributed by atoms with van der Waals surface area (Å²) in [7, 11) is 0. The van der Waals surface area contributed by atoms with Crippen LogP contribution in [0.15, 0.2) is 12.3 Å². The van der Waals surface area contributed by atoms with Gasteiger partial charge in [0.2, 0.25) is 0 Å². The van der Waals surface area contributed by atoms with Gasteiger partial charge in [-0.3, -0.25) is 9.78 Å². The number of nitrogens with two attached hydrogens (primary N) is 1. The van der Waals surface area contributed by atoms with Gasteiger partial charge in [0.1, 0.15) is 0 Å². The maximum Gasteiger partial charge on any atom is 0.309 e. The van der Waals surface area contributed by atoms with Crippen molar-refractivity contribution in [2.24, 2.45) is 0 Å². The van der Waals surface area contributed by atoms with Crippen molar-refractivity contribution in [3.05, 3.63) is 43.1 Å². The number of nitrogen functional groups attached to an aromatic ring is 1. The van der Waals surface area contributed by atoms with Crippen molar-refractivity contribution in [3.63, 3.8) is 0 Å². The van der Waals surface area contributed by atoms with Gasteiger partial charge in [0.15, 0.2) is 0 Å². The first-order valence-electron chi connectivity index (χ1n) is 5.72. The van der Waals surface area contributed by atoms with Gasteiger partial charge in [-0.05, 0) is 6.07 Å². The second-order valence-electron chi connectivity index (χ2n) is 4.28. The smallest absolute Gasteiger partial charge is 0.309 e. The highest BCUT2D eigenvalue weighted by Crippen LogP contribution is 2.48. The topological polar surface area (TPSA) is 76.2 Å². The van der Waals surface area contributed by atoms with Crippen LogP contribution in [-0.2, 0) is 11.2 Å². The molecule has 3 N–H and O–H groups in total. The average Bonchev–Trinajstić information content (AvgIpc) is 2.45. The number of carboxylic acid groups (broad SMARTS) is 1. The van der Waals surface area contributed by atoms with Gasteiger partial charge in [-0.1, -0.05) is 58.0 Å². The number of halogens is 5. The monoisotopic (exact) mass is 398 g/mol. The molecule has 0 radical (unpaired) electrons. The number of aliphatic carboxylic acids is 1. The van der Waals surface area contributed by atoms with Gasteiger partial charge in [-0.2, -0.15) is 0 Å². The van der Waals surface area contributed by atoms with E-state index < -0.39 is 5.97 Å². The largest absolute Gasteiger partial charge is 0.481 e. The molecule has 0 amide bonds. The second kappa shape index (κ2) is 6.69. The standard InChI is InChI=1S/C13H7Cl5N2O2/c14-9-8(10(15)12(17)13(18)11(9)16)4-1-5(19)6(20-3-4)2-7(21)22/h1,3H,2,19H2,(H,21,22). The summed E-state index contributed by atoms with van der Waals surface area (Å²) in [5.41, 5.74) is 7.00. The van der Waals surface area contributed by atoms with E-state index in [2.05, 4.69) is 4.98 Å². The molecule has 0 saturated carbocycles. The van der Waals surface area contributed by atoms with Crippen molar-refractivity contribution in [2.45, 2.75) is 6.42 Å². The Kier molecular flexibility index (Phi) is 5.30. The number of hydrogen-bond donors (Lipinski definition) is 2. The fraction of sp³-hybridized carbons (Fsp3) is 0.0769. The first-order chi connectivity index (χ1) is 10.2. The molecular weight excluding hydrogens is 393 g/mol. The fourth-order valence-electron chi connectivity index (χ4n) is 1.80. The lowest BCUT2D eigenvalue weighted by atomic mass is 10.1. The molecule has 116 valence electrons. The number of anilines is 1. The Morgan fingerprint density at radius 1 is 1.05 bits per heavy atom. The molecular formula is C13H7Cl5N2O2. The molecule has 0 spiro atoms. The molecule has 0 fully saturated rings. The number of benzene rings is 1. The van der Waals surface area contributed by atoms with Crippen molar-refractivity contribution >= 4 is 69.7 Å². The molecule has 9 heteroatoms. The van der Waals surface area contributed by atoms with Crippen LogP contribution in [0.25, 0.3) is 11.1 Å². The normalized spacial score (nSPS) is 10.8. The van der Waals surface area contributed by atoms with Gasteiger partial charge in [-0.15, -0.1) is 0 Å². The summed E-state index contributed by atoms with van der Waals surface area (Å²) in [6.07, 6.45) is 1.10. The molecule has 2 rings (SSSR count). The van der Waals surface area contributed by atoms with E-state index in [-0.39, 0.29) is 42.9 Å². The molecule has 22 heavy (non-hydrogen) atoms. The van der Waals surface area contributed by atoms with Crippen molar-refractivity contribution < 1.29 is 9.90 Å². The quantitative estimate of drug-likeness (QED) is 0.547. The van der Waals surface area contributed by atoms with Crippen LogP contribution >= 0.6 is 58.0 Å². The van der Waals surface area contributed by atoms with Gasteiger partial charge in [0.05, 0.1) is 42.9 Å². The number of carbonyl (C=O) groups is 1. The van der Waals surface area contributed by atoms with E-state index in [9.17, 15) is 4.79 Å². The minimum absolute atomic E-state index is 0.0468. The molecule has 0 atom stereocenters. The van der Waals surface area contributed by atoms with Gasteiger partial charge >= 0.3 is 5.97 Å². The molecule has 0 aliphatic heterocycles. The molecule has 0 bridgehead atoms. The van der Waals surface area contributed by atoms with Crippen LogP contribution in [0.3, 0.4) is 0 Å². The number of aromatic nitrogens is 1. The Morgan fingerprint density at radius 3 is 2.00 bits per heavy atom. The summed E-state index contributed by atoms with van der Waals surface area (Å²) in [6.45, 7) is 0. The Morgan fingerprint density at radius 2 is 1.55 bits per heavy atom. The summed E-state index contributed by atoms with van der Waals surface area (Å²) in [5, 5.41) is 9.15. The SMILES string of the molecule is Nc1cc(-c2c(Cl)c(Cl)c(Cl)c(Cl)c2Cl)cnc1CC(=O)O. The van der Waals surface area contributed by atoms with E-state index in [0.717, 1.165) is 0 Å². The third-order valence-electron chi connectivity index (χ3n) is 2.82. The zero-order valence-corrected chi connectivity index (χ0v) is 14.4. The highest BCUT2D eigenvalue weighted by Gasteiger charge is 2.21. The summed E-state index contributed by atoms with van der Waals surface area (Å²) in [5.74, 6) is -1.04. The second-order valence-corrected chi connectivity index (χ2v) is 6.17. The minimum Gasteiger partial charge on any atom is -0.481 e. The van der Waals surface area contributed by atoms with E-state index in [4.69, 9.17) is 68.8 Å². The average molecular weight is 400 g/mol. The van der Waals surface area contributed by atoms with Crippen LogP contribution < -0.4 is 5.73 Å². The van der Waals surface area contributed by atoms with E-state index in [1.165, 1.54) is 12.3 Å². The van der Waals surface area contributed by atoms with Crippen LogP contribution in [-0.4, -0.2) is 16.1 Å². The van der Waals surface area contributed by atoms with Crippen molar-refractivity contribution in [3.8, 4) is 11.1 Å². The third kappa shape index (κ3) is 3.21. The number of carboxylic acids is 1. The number of pyridine rings is 1. The lowest BCUT2D eigenvalue weighted by molar-refractivity contribution is -0.136. The van der Waals surface area contributed by atoms with E-state index in [1.807, 2.05) is 0 Å². The highest BCUT2D eigenvalue weighted by molar-refractivity contribution is 6.56. The Labute approximate surface area is 150 Å². The molecule has 1 aromatic heterocycles. The summed E-state index contributed by atoms with van der Waals surface area (Å²) in [4.78, 5) is 14.7. The van der Waals surface area contributed by atoms with Crippen LogP contribution in [0.4, 0.5) is 5.69 Å². The minimum atomic E-state index is -1.04. The number of rotatable bonds is 3.